The highest BCUT2D eigenvalue weighted by Gasteiger charge is 2.24. The summed E-state index contributed by atoms with van der Waals surface area (Å²) in [6.45, 7) is 5.65. The summed E-state index contributed by atoms with van der Waals surface area (Å²) < 4.78 is 12.9. The van der Waals surface area contributed by atoms with Crippen LogP contribution in [0.2, 0.25) is 0 Å². The van der Waals surface area contributed by atoms with Crippen LogP contribution in [0.1, 0.15) is 37.7 Å². The Labute approximate surface area is 153 Å². The minimum atomic E-state index is -1.82. The Morgan fingerprint density at radius 3 is 1.96 bits per heavy atom. The van der Waals surface area contributed by atoms with Gasteiger partial charge in [0.2, 0.25) is 0 Å². The van der Waals surface area contributed by atoms with E-state index in [0.29, 0.717) is 0 Å². The van der Waals surface area contributed by atoms with Crippen molar-refractivity contribution in [2.45, 2.75) is 44.7 Å². The fourth-order valence-corrected chi connectivity index (χ4v) is 3.58. The smallest absolute Gasteiger partial charge is 0.414 e. The van der Waals surface area contributed by atoms with E-state index in [1.165, 1.54) is 50.8 Å². The minimum Gasteiger partial charge on any atom is -0.473 e. The second kappa shape index (κ2) is 10.2. The zero-order valence-electron chi connectivity index (χ0n) is 14.9. The molecule has 144 valence electrons. The van der Waals surface area contributed by atoms with Crippen LogP contribution in [0.4, 0.5) is 4.39 Å². The molecule has 0 unspecified atom stereocenters. The largest absolute Gasteiger partial charge is 0.473 e. The maximum absolute atomic E-state index is 12.9. The molecular formula is C19H27FN2O4. The SMILES string of the molecule is Fc1ccc(CN2CCN(C3CCCCC3)CC2)cc1.O=C(O)C(=O)O. The third-order valence-electron chi connectivity index (χ3n) is 5.00. The Hall–Kier alpha value is -1.99. The summed E-state index contributed by atoms with van der Waals surface area (Å²) in [4.78, 5) is 23.4. The van der Waals surface area contributed by atoms with Gasteiger partial charge in [0.1, 0.15) is 5.82 Å². The second-order valence-corrected chi connectivity index (χ2v) is 6.84. The number of carboxylic acids is 2. The van der Waals surface area contributed by atoms with Gasteiger partial charge in [-0.1, -0.05) is 31.4 Å². The third kappa shape index (κ3) is 6.72. The van der Waals surface area contributed by atoms with E-state index in [1.807, 2.05) is 12.1 Å². The van der Waals surface area contributed by atoms with Crippen LogP contribution in [0, 0.1) is 5.82 Å². The van der Waals surface area contributed by atoms with Crippen LogP contribution in [0.5, 0.6) is 0 Å². The van der Waals surface area contributed by atoms with Gasteiger partial charge < -0.3 is 10.2 Å². The number of nitrogens with zero attached hydrogens (tertiary/aromatic N) is 2. The number of aliphatic carboxylic acids is 2. The summed E-state index contributed by atoms with van der Waals surface area (Å²) in [5, 5.41) is 14.8. The molecule has 1 aliphatic heterocycles. The summed E-state index contributed by atoms with van der Waals surface area (Å²) in [6.07, 6.45) is 7.07. The van der Waals surface area contributed by atoms with Crippen molar-refractivity contribution < 1.29 is 24.2 Å². The zero-order valence-corrected chi connectivity index (χ0v) is 14.9. The summed E-state index contributed by atoms with van der Waals surface area (Å²) in [7, 11) is 0. The Morgan fingerprint density at radius 2 is 1.46 bits per heavy atom. The standard InChI is InChI=1S/C17H25FN2.C2H2O4/c18-16-8-6-15(7-9-16)14-19-10-12-20(13-11-19)17-4-2-1-3-5-17;3-1(4)2(5)6/h6-9,17H,1-5,10-14H2;(H,3,4)(H,5,6). The van der Waals surface area contributed by atoms with Gasteiger partial charge in [0.05, 0.1) is 0 Å². The van der Waals surface area contributed by atoms with E-state index in [0.717, 1.165) is 25.7 Å². The fraction of sp³-hybridized carbons (Fsp3) is 0.579. The first-order valence-corrected chi connectivity index (χ1v) is 9.13. The van der Waals surface area contributed by atoms with Gasteiger partial charge in [0.15, 0.2) is 0 Å². The minimum absolute atomic E-state index is 0.143. The first-order valence-electron chi connectivity index (χ1n) is 9.13. The topological polar surface area (TPSA) is 81.1 Å². The summed E-state index contributed by atoms with van der Waals surface area (Å²) in [6, 6.07) is 7.78. The Morgan fingerprint density at radius 1 is 0.923 bits per heavy atom. The van der Waals surface area contributed by atoms with Crippen LogP contribution >= 0.6 is 0 Å². The number of hydrogen-bond acceptors (Lipinski definition) is 4. The lowest BCUT2D eigenvalue weighted by Crippen LogP contribution is -2.50. The highest BCUT2D eigenvalue weighted by molar-refractivity contribution is 6.27. The Bertz CT molecular complexity index is 568. The van der Waals surface area contributed by atoms with E-state index in [-0.39, 0.29) is 5.82 Å². The predicted octanol–water partition coefficient (Wildman–Crippen LogP) is 2.43. The number of piperazine rings is 1. The predicted molar refractivity (Wildman–Crippen MR) is 95.4 cm³/mol. The van der Waals surface area contributed by atoms with Crippen LogP contribution in [0.3, 0.4) is 0 Å². The van der Waals surface area contributed by atoms with Crippen LogP contribution in [-0.2, 0) is 16.1 Å². The molecule has 0 bridgehead atoms. The van der Waals surface area contributed by atoms with Crippen molar-refractivity contribution in [3.63, 3.8) is 0 Å². The maximum atomic E-state index is 12.9. The number of carbonyl (C=O) groups is 2. The fourth-order valence-electron chi connectivity index (χ4n) is 3.58. The zero-order chi connectivity index (χ0) is 18.9. The average molecular weight is 366 g/mol. The highest BCUT2D eigenvalue weighted by Crippen LogP contribution is 2.23. The van der Waals surface area contributed by atoms with E-state index in [9.17, 15) is 4.39 Å². The molecule has 1 aliphatic carbocycles. The van der Waals surface area contributed by atoms with Gasteiger partial charge in [-0.25, -0.2) is 14.0 Å². The molecule has 1 aromatic carbocycles. The summed E-state index contributed by atoms with van der Waals surface area (Å²) in [5.41, 5.74) is 1.22. The van der Waals surface area contributed by atoms with E-state index >= 15 is 0 Å². The molecule has 1 saturated carbocycles. The number of rotatable bonds is 3. The maximum Gasteiger partial charge on any atom is 0.414 e. The van der Waals surface area contributed by atoms with Crippen molar-refractivity contribution in [3.8, 4) is 0 Å². The van der Waals surface area contributed by atoms with Crippen molar-refractivity contribution in [3.05, 3.63) is 35.6 Å². The number of halogens is 1. The van der Waals surface area contributed by atoms with Gasteiger partial charge in [-0.05, 0) is 30.5 Å². The molecule has 3 rings (SSSR count). The van der Waals surface area contributed by atoms with Crippen molar-refractivity contribution in [2.24, 2.45) is 0 Å². The molecule has 0 atom stereocenters. The number of benzene rings is 1. The van der Waals surface area contributed by atoms with Gasteiger partial charge in [0, 0.05) is 38.8 Å². The molecule has 2 N–H and O–H groups in total. The molecule has 1 aromatic rings. The quantitative estimate of drug-likeness (QED) is 0.800. The lowest BCUT2D eigenvalue weighted by molar-refractivity contribution is -0.159. The summed E-state index contributed by atoms with van der Waals surface area (Å²) in [5.74, 6) is -3.79. The number of hydrogen-bond donors (Lipinski definition) is 2. The van der Waals surface area contributed by atoms with E-state index in [4.69, 9.17) is 19.8 Å². The second-order valence-electron chi connectivity index (χ2n) is 6.84. The first-order chi connectivity index (χ1) is 12.5. The monoisotopic (exact) mass is 366 g/mol. The molecule has 7 heteroatoms. The van der Waals surface area contributed by atoms with Crippen LogP contribution in [-0.4, -0.2) is 64.2 Å². The molecule has 2 fully saturated rings. The Kier molecular flexibility index (Phi) is 8.00. The van der Waals surface area contributed by atoms with E-state index < -0.39 is 11.9 Å². The molecule has 0 radical (unpaired) electrons. The van der Waals surface area contributed by atoms with Gasteiger partial charge in [-0.3, -0.25) is 9.80 Å². The molecule has 0 amide bonds. The van der Waals surface area contributed by atoms with Crippen LogP contribution in [0.15, 0.2) is 24.3 Å². The molecule has 26 heavy (non-hydrogen) atoms. The van der Waals surface area contributed by atoms with Gasteiger partial charge >= 0.3 is 11.9 Å². The molecule has 0 aromatic heterocycles. The van der Waals surface area contributed by atoms with Gasteiger partial charge in [0.25, 0.3) is 0 Å². The lowest BCUT2D eigenvalue weighted by Gasteiger charge is -2.40. The van der Waals surface area contributed by atoms with Gasteiger partial charge in [-0.15, -0.1) is 0 Å². The normalized spacial score (nSPS) is 19.4. The van der Waals surface area contributed by atoms with Crippen molar-refractivity contribution >= 4 is 11.9 Å². The molecule has 0 spiro atoms. The molecule has 6 nitrogen and oxygen atoms in total. The van der Waals surface area contributed by atoms with Crippen molar-refractivity contribution in [1.29, 1.82) is 0 Å². The highest BCUT2D eigenvalue weighted by atomic mass is 19.1. The van der Waals surface area contributed by atoms with Crippen molar-refractivity contribution in [2.75, 3.05) is 26.2 Å². The van der Waals surface area contributed by atoms with E-state index in [2.05, 4.69) is 9.80 Å². The van der Waals surface area contributed by atoms with Crippen LogP contribution in [0.25, 0.3) is 0 Å². The Balaban J connectivity index is 0.000000352. The molecule has 2 aliphatic rings. The lowest BCUT2D eigenvalue weighted by atomic mass is 9.94. The molecular weight excluding hydrogens is 339 g/mol. The average Bonchev–Trinajstić information content (AvgIpc) is 2.65. The van der Waals surface area contributed by atoms with Gasteiger partial charge in [-0.2, -0.15) is 0 Å². The molecule has 1 saturated heterocycles. The molecule has 1 heterocycles. The summed E-state index contributed by atoms with van der Waals surface area (Å²) >= 11 is 0. The third-order valence-corrected chi connectivity index (χ3v) is 5.00. The van der Waals surface area contributed by atoms with Crippen molar-refractivity contribution in [1.82, 2.24) is 9.80 Å². The van der Waals surface area contributed by atoms with E-state index in [1.54, 1.807) is 12.1 Å². The first kappa shape index (κ1) is 20.3. The van der Waals surface area contributed by atoms with Crippen LogP contribution < -0.4 is 0 Å². The number of carboxylic acid groups (broad SMARTS) is 2.